The van der Waals surface area contributed by atoms with Gasteiger partial charge < -0.3 is 25.0 Å². The Morgan fingerprint density at radius 3 is 2.71 bits per heavy atom. The first kappa shape index (κ1) is 14.4. The van der Waals surface area contributed by atoms with Crippen LogP contribution < -0.4 is 0 Å². The van der Waals surface area contributed by atoms with Gasteiger partial charge in [-0.2, -0.15) is 0 Å². The number of aliphatic imine (C=N–C) groups is 2. The van der Waals surface area contributed by atoms with Gasteiger partial charge in [0.2, 0.25) is 0 Å². The lowest BCUT2D eigenvalue weighted by atomic mass is 9.98. The molecule has 3 aliphatic heterocycles. The van der Waals surface area contributed by atoms with Crippen LogP contribution >= 0.6 is 0 Å². The summed E-state index contributed by atoms with van der Waals surface area (Å²) in [5, 5.41) is 47.7. The number of hydrogen-bond acceptors (Lipinski definition) is 9. The smallest absolute Gasteiger partial charge is 0.169 e. The average molecular weight is 299 g/mol. The van der Waals surface area contributed by atoms with E-state index in [1.165, 1.54) is 11.2 Å². The van der Waals surface area contributed by atoms with E-state index in [0.717, 1.165) is 11.4 Å². The molecule has 6 atom stereocenters. The van der Waals surface area contributed by atoms with Gasteiger partial charge in [0.1, 0.15) is 24.7 Å². The first-order chi connectivity index (χ1) is 9.91. The number of ether oxygens (including phenoxy) is 1. The standard InChI is InChI=1S/C11H17N5O5/c1-11-8(9(12)14-4-16(11)20)13-3-15(11)10-7(19)6(18)5(2-17)21-10/h3-8,10,12,17-20H,2H2,1H3/t5-,6?,7?,8?,10-,11?/m1/s1. The van der Waals surface area contributed by atoms with Crippen molar-refractivity contribution in [3.63, 3.8) is 0 Å². The summed E-state index contributed by atoms with van der Waals surface area (Å²) in [6.45, 7) is 1.17. The molecule has 0 amide bonds. The van der Waals surface area contributed by atoms with Crippen LogP contribution in [0.25, 0.3) is 0 Å². The second-order valence-electron chi connectivity index (χ2n) is 5.37. The molecule has 0 aromatic carbocycles. The highest BCUT2D eigenvalue weighted by Gasteiger charge is 2.58. The van der Waals surface area contributed by atoms with Crippen molar-refractivity contribution in [2.45, 2.75) is 43.2 Å². The van der Waals surface area contributed by atoms with Crippen molar-refractivity contribution in [3.8, 4) is 0 Å². The lowest BCUT2D eigenvalue weighted by Crippen LogP contribution is -2.67. The Bertz CT molecular complexity index is 513. The third-order valence-electron chi connectivity index (χ3n) is 4.20. The molecule has 4 unspecified atom stereocenters. The Morgan fingerprint density at radius 2 is 2.10 bits per heavy atom. The maximum Gasteiger partial charge on any atom is 0.169 e. The summed E-state index contributed by atoms with van der Waals surface area (Å²) in [5.74, 6) is -0.0340. The molecule has 0 radical (unpaired) electrons. The van der Waals surface area contributed by atoms with E-state index >= 15 is 0 Å². The number of hydrogen-bond donors (Lipinski definition) is 5. The van der Waals surface area contributed by atoms with E-state index in [9.17, 15) is 15.4 Å². The first-order valence-corrected chi connectivity index (χ1v) is 6.46. The Morgan fingerprint density at radius 1 is 1.38 bits per heavy atom. The van der Waals surface area contributed by atoms with Gasteiger partial charge in [-0.1, -0.05) is 0 Å². The second-order valence-corrected chi connectivity index (χ2v) is 5.37. The average Bonchev–Trinajstić information content (AvgIpc) is 2.95. The van der Waals surface area contributed by atoms with Gasteiger partial charge in [-0.05, 0) is 6.92 Å². The summed E-state index contributed by atoms with van der Waals surface area (Å²) in [5.41, 5.74) is -1.20. The minimum Gasteiger partial charge on any atom is -0.394 e. The summed E-state index contributed by atoms with van der Waals surface area (Å²) in [6.07, 6.45) is -2.04. The van der Waals surface area contributed by atoms with Gasteiger partial charge in [0.15, 0.2) is 23.8 Å². The van der Waals surface area contributed by atoms with Gasteiger partial charge >= 0.3 is 0 Å². The fourth-order valence-electron chi connectivity index (χ4n) is 2.85. The van der Waals surface area contributed by atoms with Crippen LogP contribution in [0.2, 0.25) is 0 Å². The number of aliphatic hydroxyl groups is 3. The van der Waals surface area contributed by atoms with E-state index < -0.39 is 42.9 Å². The predicted molar refractivity (Wildman–Crippen MR) is 70.1 cm³/mol. The monoisotopic (exact) mass is 299 g/mol. The summed E-state index contributed by atoms with van der Waals surface area (Å²) >= 11 is 0. The topological polar surface area (TPSA) is 145 Å². The molecule has 0 spiro atoms. The quantitative estimate of drug-likeness (QED) is 0.381. The SMILES string of the molecule is CC12C(N=CN1[C@@H]1O[C@H](CO)C(O)C1O)C(=N)N=CN2O. The minimum absolute atomic E-state index is 0.0340. The fourth-order valence-corrected chi connectivity index (χ4v) is 2.85. The van der Waals surface area contributed by atoms with Crippen LogP contribution in [-0.4, -0.2) is 91.9 Å². The Balaban J connectivity index is 1.92. The van der Waals surface area contributed by atoms with E-state index in [2.05, 4.69) is 9.98 Å². The molecule has 0 aliphatic carbocycles. The van der Waals surface area contributed by atoms with E-state index in [-0.39, 0.29) is 5.84 Å². The molecule has 3 heterocycles. The molecule has 10 heteroatoms. The van der Waals surface area contributed by atoms with Crippen LogP contribution in [0.5, 0.6) is 0 Å². The van der Waals surface area contributed by atoms with Gasteiger partial charge in [0.25, 0.3) is 0 Å². The van der Waals surface area contributed by atoms with Crippen molar-refractivity contribution in [2.24, 2.45) is 9.98 Å². The van der Waals surface area contributed by atoms with E-state index in [0.29, 0.717) is 0 Å². The number of nitrogens with zero attached hydrogens (tertiary/aromatic N) is 4. The maximum atomic E-state index is 10.1. The third kappa shape index (κ3) is 1.80. The van der Waals surface area contributed by atoms with E-state index in [1.54, 1.807) is 6.92 Å². The molecular weight excluding hydrogens is 282 g/mol. The molecule has 10 nitrogen and oxygen atoms in total. The molecule has 1 fully saturated rings. The lowest BCUT2D eigenvalue weighted by molar-refractivity contribution is -0.191. The Hall–Kier alpha value is -1.59. The molecule has 21 heavy (non-hydrogen) atoms. The highest BCUT2D eigenvalue weighted by molar-refractivity contribution is 5.96. The van der Waals surface area contributed by atoms with E-state index in [4.69, 9.17) is 15.3 Å². The zero-order valence-electron chi connectivity index (χ0n) is 11.2. The predicted octanol–water partition coefficient (Wildman–Crippen LogP) is -2.44. The van der Waals surface area contributed by atoms with Gasteiger partial charge in [0.05, 0.1) is 12.9 Å². The van der Waals surface area contributed by atoms with Gasteiger partial charge in [-0.15, -0.1) is 0 Å². The van der Waals surface area contributed by atoms with Crippen LogP contribution in [-0.2, 0) is 4.74 Å². The van der Waals surface area contributed by atoms with Crippen LogP contribution in [0.4, 0.5) is 0 Å². The maximum absolute atomic E-state index is 10.1. The number of amidine groups is 1. The largest absolute Gasteiger partial charge is 0.394 e. The number of nitrogens with one attached hydrogen (secondary N) is 1. The number of rotatable bonds is 2. The molecule has 0 aromatic rings. The zero-order chi connectivity index (χ0) is 15.4. The lowest BCUT2D eigenvalue weighted by Gasteiger charge is -2.46. The number of aliphatic hydroxyl groups excluding tert-OH is 3. The van der Waals surface area contributed by atoms with Crippen molar-refractivity contribution >= 4 is 18.5 Å². The highest BCUT2D eigenvalue weighted by atomic mass is 16.6. The van der Waals surface area contributed by atoms with Crippen LogP contribution in [0.1, 0.15) is 6.92 Å². The molecule has 3 rings (SSSR count). The second kappa shape index (κ2) is 4.71. The number of hydroxylamine groups is 2. The molecular formula is C11H17N5O5. The molecule has 3 aliphatic rings. The zero-order valence-corrected chi connectivity index (χ0v) is 11.2. The Labute approximate surface area is 120 Å². The highest BCUT2D eigenvalue weighted by Crippen LogP contribution is 2.37. The fraction of sp³-hybridized carbons (Fsp3) is 0.727. The normalized spacial score (nSPS) is 45.6. The summed E-state index contributed by atoms with van der Waals surface area (Å²) < 4.78 is 5.45. The molecule has 5 N–H and O–H groups in total. The Kier molecular flexibility index (Phi) is 3.22. The summed E-state index contributed by atoms with van der Waals surface area (Å²) in [4.78, 5) is 9.27. The van der Waals surface area contributed by atoms with Crippen LogP contribution in [0, 0.1) is 5.41 Å². The van der Waals surface area contributed by atoms with Crippen molar-refractivity contribution in [1.82, 2.24) is 9.96 Å². The van der Waals surface area contributed by atoms with Crippen LogP contribution in [0.15, 0.2) is 9.98 Å². The molecule has 0 bridgehead atoms. The van der Waals surface area contributed by atoms with Gasteiger partial charge in [0, 0.05) is 0 Å². The van der Waals surface area contributed by atoms with Crippen molar-refractivity contribution in [2.75, 3.05) is 6.61 Å². The van der Waals surface area contributed by atoms with Gasteiger partial charge in [-0.25, -0.2) is 10.1 Å². The molecule has 0 aromatic heterocycles. The third-order valence-corrected chi connectivity index (χ3v) is 4.20. The summed E-state index contributed by atoms with van der Waals surface area (Å²) in [6, 6.07) is -0.756. The van der Waals surface area contributed by atoms with Crippen LogP contribution in [0.3, 0.4) is 0 Å². The van der Waals surface area contributed by atoms with Crippen molar-refractivity contribution < 1.29 is 25.3 Å². The molecule has 1 saturated heterocycles. The molecule has 116 valence electrons. The van der Waals surface area contributed by atoms with Gasteiger partial charge in [-0.3, -0.25) is 15.6 Å². The number of fused-ring (bicyclic) bond motifs is 1. The summed E-state index contributed by atoms with van der Waals surface area (Å²) in [7, 11) is 0. The molecule has 0 saturated carbocycles. The van der Waals surface area contributed by atoms with E-state index in [1.807, 2.05) is 0 Å². The minimum atomic E-state index is -1.29. The van der Waals surface area contributed by atoms with Crippen molar-refractivity contribution in [3.05, 3.63) is 0 Å². The first-order valence-electron chi connectivity index (χ1n) is 6.46. The van der Waals surface area contributed by atoms with Crippen molar-refractivity contribution in [1.29, 1.82) is 5.41 Å².